The summed E-state index contributed by atoms with van der Waals surface area (Å²) in [4.78, 5) is 14.6. The van der Waals surface area contributed by atoms with Crippen LogP contribution in [0.3, 0.4) is 0 Å². The molecule has 144 valence electrons. The summed E-state index contributed by atoms with van der Waals surface area (Å²) in [7, 11) is 0. The van der Waals surface area contributed by atoms with Crippen molar-refractivity contribution in [3.63, 3.8) is 0 Å². The molecule has 7 heteroatoms. The number of amides is 1. The summed E-state index contributed by atoms with van der Waals surface area (Å²) in [5, 5.41) is 4.04. The van der Waals surface area contributed by atoms with Crippen molar-refractivity contribution in [3.05, 3.63) is 56.5 Å². The van der Waals surface area contributed by atoms with Crippen LogP contribution < -0.4 is 15.1 Å². The zero-order valence-corrected chi connectivity index (χ0v) is 18.3. The van der Waals surface area contributed by atoms with E-state index in [1.54, 1.807) is 6.21 Å². The number of nitrogens with zero attached hydrogens (tertiary/aromatic N) is 2. The first-order valence-electron chi connectivity index (χ1n) is 8.82. The number of carbonyl (C=O) groups excluding carboxylic acids is 1. The molecule has 2 aromatic rings. The lowest BCUT2D eigenvalue weighted by atomic mass is 10.2. The van der Waals surface area contributed by atoms with Crippen LogP contribution in [-0.4, -0.2) is 31.8 Å². The van der Waals surface area contributed by atoms with Crippen molar-refractivity contribution in [2.24, 2.45) is 5.10 Å². The van der Waals surface area contributed by atoms with E-state index in [1.807, 2.05) is 36.4 Å². The molecule has 0 atom stereocenters. The number of halogens is 2. The second-order valence-electron chi connectivity index (χ2n) is 6.25. The predicted octanol–water partition coefficient (Wildman–Crippen LogP) is 4.59. The molecule has 1 fully saturated rings. The summed E-state index contributed by atoms with van der Waals surface area (Å²) >= 11 is 6.89. The minimum absolute atomic E-state index is 0.178. The lowest BCUT2D eigenvalue weighted by Crippen LogP contribution is -2.19. The number of hydrogen-bond donors (Lipinski definition) is 1. The molecular formula is C21H19Br2N3O2. The second kappa shape index (κ2) is 9.76. The van der Waals surface area contributed by atoms with Gasteiger partial charge < -0.3 is 9.64 Å². The molecule has 5 nitrogen and oxygen atoms in total. The van der Waals surface area contributed by atoms with Crippen LogP contribution in [0.2, 0.25) is 0 Å². The topological polar surface area (TPSA) is 53.9 Å². The fraction of sp³-hybridized carbons (Fsp3) is 0.238. The average Bonchev–Trinajstić information content (AvgIpc) is 3.22. The highest BCUT2D eigenvalue weighted by Crippen LogP contribution is 2.34. The van der Waals surface area contributed by atoms with Gasteiger partial charge in [0.1, 0.15) is 12.4 Å². The Morgan fingerprint density at radius 3 is 2.46 bits per heavy atom. The number of rotatable bonds is 6. The first-order chi connectivity index (χ1) is 13.6. The average molecular weight is 505 g/mol. The summed E-state index contributed by atoms with van der Waals surface area (Å²) in [6.45, 7) is 2.33. The number of benzene rings is 2. The summed E-state index contributed by atoms with van der Waals surface area (Å²) in [5.41, 5.74) is 5.06. The summed E-state index contributed by atoms with van der Waals surface area (Å²) in [6.07, 6.45) is 9.23. The van der Waals surface area contributed by atoms with Crippen LogP contribution in [0.15, 0.2) is 50.4 Å². The van der Waals surface area contributed by atoms with Gasteiger partial charge in [0.05, 0.1) is 15.2 Å². The first kappa shape index (κ1) is 20.4. The van der Waals surface area contributed by atoms with Crippen LogP contribution in [-0.2, 0) is 0 Å². The highest BCUT2D eigenvalue weighted by Gasteiger charge is 2.13. The molecule has 0 aromatic heterocycles. The van der Waals surface area contributed by atoms with Crippen molar-refractivity contribution >= 4 is 49.7 Å². The van der Waals surface area contributed by atoms with Crippen molar-refractivity contribution in [2.45, 2.75) is 12.8 Å². The minimum Gasteiger partial charge on any atom is -0.479 e. The van der Waals surface area contributed by atoms with E-state index in [2.05, 4.69) is 53.2 Å². The van der Waals surface area contributed by atoms with Crippen LogP contribution in [0.1, 0.15) is 28.8 Å². The molecule has 0 unspecified atom stereocenters. The van der Waals surface area contributed by atoms with Gasteiger partial charge in [0.15, 0.2) is 0 Å². The molecule has 1 aliphatic heterocycles. The molecule has 1 N–H and O–H groups in total. The summed E-state index contributed by atoms with van der Waals surface area (Å²) in [5.74, 6) is 2.80. The van der Waals surface area contributed by atoms with Crippen LogP contribution in [0, 0.1) is 12.3 Å². The standard InChI is InChI=1S/C21H19Br2N3O2/c1-2-11-28-20-18(22)12-15(13-19(20)23)14-24-25-21(27)16-5-7-17(8-6-16)26-9-3-4-10-26/h1,5-8,12-14H,3-4,9-11H2,(H,25,27)/b24-14-. The molecule has 0 saturated carbocycles. The van der Waals surface area contributed by atoms with Gasteiger partial charge in [-0.1, -0.05) is 5.92 Å². The molecular weight excluding hydrogens is 486 g/mol. The summed E-state index contributed by atoms with van der Waals surface area (Å²) < 4.78 is 6.95. The zero-order chi connectivity index (χ0) is 19.9. The van der Waals surface area contributed by atoms with Gasteiger partial charge in [-0.3, -0.25) is 4.79 Å². The number of anilines is 1. The zero-order valence-electron chi connectivity index (χ0n) is 15.1. The second-order valence-corrected chi connectivity index (χ2v) is 7.96. The number of ether oxygens (including phenoxy) is 1. The Morgan fingerprint density at radius 1 is 1.21 bits per heavy atom. The van der Waals surface area contributed by atoms with Gasteiger partial charge in [0.25, 0.3) is 5.91 Å². The van der Waals surface area contributed by atoms with Crippen molar-refractivity contribution in [1.29, 1.82) is 0 Å². The Hall–Kier alpha value is -2.30. The van der Waals surface area contributed by atoms with Gasteiger partial charge >= 0.3 is 0 Å². The van der Waals surface area contributed by atoms with Crippen molar-refractivity contribution < 1.29 is 9.53 Å². The molecule has 0 spiro atoms. The molecule has 0 bridgehead atoms. The minimum atomic E-state index is -0.253. The molecule has 0 radical (unpaired) electrons. The fourth-order valence-electron chi connectivity index (χ4n) is 2.93. The van der Waals surface area contributed by atoms with Gasteiger partial charge in [-0.05, 0) is 86.7 Å². The Labute approximate surface area is 181 Å². The third-order valence-electron chi connectivity index (χ3n) is 4.30. The van der Waals surface area contributed by atoms with Crippen LogP contribution in [0.4, 0.5) is 5.69 Å². The highest BCUT2D eigenvalue weighted by molar-refractivity contribution is 9.11. The fourth-order valence-corrected chi connectivity index (χ4v) is 4.39. The van der Waals surface area contributed by atoms with Crippen molar-refractivity contribution in [3.8, 4) is 18.1 Å². The van der Waals surface area contributed by atoms with Crippen LogP contribution >= 0.6 is 31.9 Å². The van der Waals surface area contributed by atoms with Crippen molar-refractivity contribution in [2.75, 3.05) is 24.6 Å². The Balaban J connectivity index is 1.61. The molecule has 28 heavy (non-hydrogen) atoms. The van der Waals surface area contributed by atoms with Gasteiger partial charge in [0, 0.05) is 24.3 Å². The van der Waals surface area contributed by atoms with E-state index < -0.39 is 0 Å². The number of carbonyl (C=O) groups is 1. The van der Waals surface area contributed by atoms with E-state index >= 15 is 0 Å². The normalized spacial score (nSPS) is 13.5. The lowest BCUT2D eigenvalue weighted by Gasteiger charge is -2.17. The van der Waals surface area contributed by atoms with Gasteiger partial charge in [-0.25, -0.2) is 5.43 Å². The molecule has 0 aliphatic carbocycles. The predicted molar refractivity (Wildman–Crippen MR) is 119 cm³/mol. The SMILES string of the molecule is C#CCOc1c(Br)cc(/C=N\NC(=O)c2ccc(N3CCCC3)cc2)cc1Br. The van der Waals surface area contributed by atoms with Crippen LogP contribution in [0.5, 0.6) is 5.75 Å². The molecule has 1 saturated heterocycles. The van der Waals surface area contributed by atoms with E-state index in [4.69, 9.17) is 11.2 Å². The summed E-state index contributed by atoms with van der Waals surface area (Å²) in [6, 6.07) is 11.3. The Kier molecular flexibility index (Phi) is 7.12. The van der Waals surface area contributed by atoms with E-state index in [0.717, 1.165) is 33.3 Å². The number of hydrazone groups is 1. The van der Waals surface area contributed by atoms with Gasteiger partial charge in [0.2, 0.25) is 0 Å². The molecule has 3 rings (SSSR count). The third-order valence-corrected chi connectivity index (χ3v) is 5.48. The van der Waals surface area contributed by atoms with Crippen molar-refractivity contribution in [1.82, 2.24) is 5.43 Å². The van der Waals surface area contributed by atoms with Gasteiger partial charge in [-0.15, -0.1) is 6.42 Å². The smallest absolute Gasteiger partial charge is 0.271 e. The number of terminal acetylenes is 1. The van der Waals surface area contributed by atoms with Crippen LogP contribution in [0.25, 0.3) is 0 Å². The lowest BCUT2D eigenvalue weighted by molar-refractivity contribution is 0.0955. The Morgan fingerprint density at radius 2 is 1.86 bits per heavy atom. The Bertz CT molecular complexity index is 891. The molecule has 1 heterocycles. The van der Waals surface area contributed by atoms with Gasteiger partial charge in [-0.2, -0.15) is 5.10 Å². The number of hydrogen-bond acceptors (Lipinski definition) is 4. The van der Waals surface area contributed by atoms with E-state index in [-0.39, 0.29) is 12.5 Å². The quantitative estimate of drug-likeness (QED) is 0.355. The first-order valence-corrected chi connectivity index (χ1v) is 10.4. The monoisotopic (exact) mass is 503 g/mol. The molecule has 1 amide bonds. The third kappa shape index (κ3) is 5.15. The maximum atomic E-state index is 12.3. The van der Waals surface area contributed by atoms with E-state index in [9.17, 15) is 4.79 Å². The maximum Gasteiger partial charge on any atom is 0.271 e. The molecule has 1 aliphatic rings. The van der Waals surface area contributed by atoms with E-state index in [1.165, 1.54) is 12.8 Å². The van der Waals surface area contributed by atoms with E-state index in [0.29, 0.717) is 11.3 Å². The largest absolute Gasteiger partial charge is 0.479 e. The molecule has 2 aromatic carbocycles. The maximum absolute atomic E-state index is 12.3. The number of nitrogens with one attached hydrogen (secondary N) is 1. The highest BCUT2D eigenvalue weighted by atomic mass is 79.9.